The van der Waals surface area contributed by atoms with Crippen molar-refractivity contribution in [1.29, 1.82) is 0 Å². The highest BCUT2D eigenvalue weighted by molar-refractivity contribution is 5.82. The third-order valence-corrected chi connectivity index (χ3v) is 12.0. The van der Waals surface area contributed by atoms with E-state index in [9.17, 15) is 19.2 Å². The molecule has 5 unspecified atom stereocenters. The summed E-state index contributed by atoms with van der Waals surface area (Å²) < 4.78 is 24.0. The summed E-state index contributed by atoms with van der Waals surface area (Å²) in [6.07, 6.45) is 13.2. The van der Waals surface area contributed by atoms with Gasteiger partial charge in [0.05, 0.1) is 0 Å². The Hall–Kier alpha value is -3.04. The second kappa shape index (κ2) is 12.4. The summed E-state index contributed by atoms with van der Waals surface area (Å²) in [7, 11) is 0. The highest BCUT2D eigenvalue weighted by Crippen LogP contribution is 2.61. The Kier molecular flexibility index (Phi) is 8.96. The van der Waals surface area contributed by atoms with E-state index in [-0.39, 0.29) is 5.41 Å². The van der Waals surface area contributed by atoms with Gasteiger partial charge in [-0.2, -0.15) is 0 Å². The maximum atomic E-state index is 13.1. The van der Waals surface area contributed by atoms with Gasteiger partial charge in [0, 0.05) is 38.1 Å². The minimum Gasteiger partial charge on any atom is -0.456 e. The molecule has 0 aromatic carbocycles. The van der Waals surface area contributed by atoms with Gasteiger partial charge in [-0.3, -0.25) is 0 Å². The Morgan fingerprint density at radius 2 is 1.09 bits per heavy atom. The van der Waals surface area contributed by atoms with Crippen molar-refractivity contribution in [2.24, 2.45) is 35.0 Å². The zero-order chi connectivity index (χ0) is 33.7. The predicted octanol–water partition coefficient (Wildman–Crippen LogP) is 6.52. The molecule has 0 saturated heterocycles. The first-order valence-corrected chi connectivity index (χ1v) is 17.8. The highest BCUT2D eigenvalue weighted by atomic mass is 16.6. The van der Waals surface area contributed by atoms with Crippen LogP contribution in [0.4, 0.5) is 9.59 Å². The molecule has 0 heterocycles. The molecule has 8 fully saturated rings. The van der Waals surface area contributed by atoms with Crippen molar-refractivity contribution in [2.45, 2.75) is 133 Å². The van der Waals surface area contributed by atoms with Crippen LogP contribution in [-0.2, 0) is 28.5 Å². The minimum atomic E-state index is -0.583. The molecule has 0 aliphatic heterocycles. The monoisotopic (exact) mass is 654 g/mol. The number of rotatable bonds is 13. The van der Waals surface area contributed by atoms with Crippen LogP contribution in [0.25, 0.3) is 0 Å². The smallest absolute Gasteiger partial charge is 0.407 e. The topological polar surface area (TPSA) is 129 Å². The average molecular weight is 655 g/mol. The first-order chi connectivity index (χ1) is 22.1. The standard InChI is InChI=1S/C37H54N2O8/c1-6-29(40)44-34-13-25-10-26(14-34)18-36(17-25,21-34)46-31(42)38-9-8-24(3)12-33(4,5)23-39-32(43)47-37-19-27-11-28(20-37)16-35(15-27,22-37)45-30(41)7-2/h6-7,24-28H,1-2,8-23H2,3-5H3,(H,38,42)(H,39,43). The number of hydrogen-bond donors (Lipinski definition) is 2. The van der Waals surface area contributed by atoms with Gasteiger partial charge in [0.2, 0.25) is 0 Å². The molecule has 8 bridgehead atoms. The summed E-state index contributed by atoms with van der Waals surface area (Å²) in [4.78, 5) is 50.2. The summed E-state index contributed by atoms with van der Waals surface area (Å²) in [5.41, 5.74) is -2.44. The molecule has 10 nitrogen and oxygen atoms in total. The summed E-state index contributed by atoms with van der Waals surface area (Å²) >= 11 is 0. The molecule has 2 N–H and O–H groups in total. The zero-order valence-electron chi connectivity index (χ0n) is 28.5. The van der Waals surface area contributed by atoms with Crippen molar-refractivity contribution in [1.82, 2.24) is 10.6 Å². The minimum absolute atomic E-state index is 0.183. The normalized spacial score (nSPS) is 38.2. The van der Waals surface area contributed by atoms with Crippen molar-refractivity contribution in [3.8, 4) is 0 Å². The maximum Gasteiger partial charge on any atom is 0.407 e. The molecule has 10 heteroatoms. The first-order valence-electron chi connectivity index (χ1n) is 17.8. The molecule has 0 aromatic rings. The fraction of sp³-hybridized carbons (Fsp3) is 0.784. The van der Waals surface area contributed by atoms with Crippen LogP contribution in [0.3, 0.4) is 0 Å². The van der Waals surface area contributed by atoms with Gasteiger partial charge in [0.1, 0.15) is 22.4 Å². The van der Waals surface area contributed by atoms with Crippen LogP contribution in [0.1, 0.15) is 111 Å². The van der Waals surface area contributed by atoms with E-state index in [4.69, 9.17) is 18.9 Å². The van der Waals surface area contributed by atoms with Crippen LogP contribution < -0.4 is 10.6 Å². The summed E-state index contributed by atoms with van der Waals surface area (Å²) in [6.45, 7) is 14.5. The van der Waals surface area contributed by atoms with Crippen LogP contribution in [-0.4, -0.2) is 59.6 Å². The second-order valence-electron chi connectivity index (χ2n) is 17.2. The van der Waals surface area contributed by atoms with Gasteiger partial charge >= 0.3 is 24.1 Å². The van der Waals surface area contributed by atoms with Crippen molar-refractivity contribution < 1.29 is 38.1 Å². The van der Waals surface area contributed by atoms with Gasteiger partial charge in [-0.15, -0.1) is 0 Å². The van der Waals surface area contributed by atoms with Gasteiger partial charge in [0.25, 0.3) is 0 Å². The van der Waals surface area contributed by atoms with Gasteiger partial charge in [-0.1, -0.05) is 33.9 Å². The van der Waals surface area contributed by atoms with Crippen molar-refractivity contribution in [2.75, 3.05) is 13.1 Å². The lowest BCUT2D eigenvalue weighted by Gasteiger charge is -2.60. The average Bonchev–Trinajstić information content (AvgIpc) is 2.93. The SMILES string of the molecule is C=CC(=O)OC12CC3CC(C1)CC(OC(=O)NCCC(C)CC(C)(C)CNC(=O)OC14CC5CC(CC(OC(=O)C=C)(C5)C1)C4)(C3)C2. The maximum absolute atomic E-state index is 13.1. The Labute approximate surface area is 279 Å². The second-order valence-corrected chi connectivity index (χ2v) is 17.2. The van der Waals surface area contributed by atoms with E-state index in [1.807, 2.05) is 0 Å². The third kappa shape index (κ3) is 7.51. The van der Waals surface area contributed by atoms with E-state index < -0.39 is 46.5 Å². The molecule has 0 aromatic heterocycles. The van der Waals surface area contributed by atoms with Crippen molar-refractivity contribution in [3.63, 3.8) is 0 Å². The quantitative estimate of drug-likeness (QED) is 0.130. The lowest BCUT2D eigenvalue weighted by molar-refractivity contribution is -0.217. The number of carbonyl (C=O) groups is 4. The number of carbonyl (C=O) groups excluding carboxylic acids is 4. The summed E-state index contributed by atoms with van der Waals surface area (Å²) in [5, 5.41) is 5.99. The molecule has 8 saturated carbocycles. The lowest BCUT2D eigenvalue weighted by Crippen LogP contribution is -2.62. The lowest BCUT2D eigenvalue weighted by atomic mass is 9.52. The van der Waals surface area contributed by atoms with E-state index in [0.717, 1.165) is 77.0 Å². The van der Waals surface area contributed by atoms with E-state index in [1.54, 1.807) is 0 Å². The van der Waals surface area contributed by atoms with Crippen molar-refractivity contribution in [3.05, 3.63) is 25.3 Å². The van der Waals surface area contributed by atoms with Crippen LogP contribution in [0.2, 0.25) is 0 Å². The zero-order valence-corrected chi connectivity index (χ0v) is 28.5. The Bertz CT molecular complexity index is 1260. The van der Waals surface area contributed by atoms with Gasteiger partial charge in [0.15, 0.2) is 0 Å². The molecule has 8 aliphatic rings. The van der Waals surface area contributed by atoms with Gasteiger partial charge < -0.3 is 29.6 Å². The predicted molar refractivity (Wildman–Crippen MR) is 174 cm³/mol. The van der Waals surface area contributed by atoms with E-state index in [0.29, 0.717) is 55.5 Å². The number of amides is 2. The number of nitrogens with one attached hydrogen (secondary N) is 2. The fourth-order valence-electron chi connectivity index (χ4n) is 11.5. The molecule has 47 heavy (non-hydrogen) atoms. The van der Waals surface area contributed by atoms with Crippen molar-refractivity contribution >= 4 is 24.1 Å². The van der Waals surface area contributed by atoms with Gasteiger partial charge in [-0.25, -0.2) is 19.2 Å². The molecule has 0 spiro atoms. The van der Waals surface area contributed by atoms with Crippen LogP contribution in [0.5, 0.6) is 0 Å². The Morgan fingerprint density at radius 1 is 0.702 bits per heavy atom. The number of alkyl carbamates (subject to hydrolysis) is 2. The molecule has 2 amide bonds. The molecule has 260 valence electrons. The van der Waals surface area contributed by atoms with Crippen LogP contribution in [0, 0.1) is 35.0 Å². The largest absolute Gasteiger partial charge is 0.456 e. The molecule has 0 radical (unpaired) electrons. The Balaban J connectivity index is 0.927. The number of esters is 2. The van der Waals surface area contributed by atoms with E-state index in [1.165, 1.54) is 12.2 Å². The number of hydrogen-bond acceptors (Lipinski definition) is 8. The molecular formula is C37H54N2O8. The van der Waals surface area contributed by atoms with Crippen LogP contribution >= 0.6 is 0 Å². The molecule has 8 aliphatic carbocycles. The molecule has 8 rings (SSSR count). The third-order valence-electron chi connectivity index (χ3n) is 12.0. The van der Waals surface area contributed by atoms with E-state index >= 15 is 0 Å². The van der Waals surface area contributed by atoms with E-state index in [2.05, 4.69) is 44.6 Å². The molecular weight excluding hydrogens is 600 g/mol. The highest BCUT2D eigenvalue weighted by Gasteiger charge is 2.62. The number of ether oxygens (including phenoxy) is 4. The first kappa shape index (κ1) is 33.8. The molecule has 5 atom stereocenters. The van der Waals surface area contributed by atoms with Crippen LogP contribution in [0.15, 0.2) is 25.3 Å². The van der Waals surface area contributed by atoms with Gasteiger partial charge in [-0.05, 0) is 112 Å². The Morgan fingerprint density at radius 3 is 1.49 bits per heavy atom. The fourth-order valence-corrected chi connectivity index (χ4v) is 11.5. The summed E-state index contributed by atoms with van der Waals surface area (Å²) in [6, 6.07) is 0. The summed E-state index contributed by atoms with van der Waals surface area (Å²) in [5.74, 6) is 1.10.